The first-order valence-corrected chi connectivity index (χ1v) is 10.2. The lowest BCUT2D eigenvalue weighted by Gasteiger charge is -2.37. The quantitative estimate of drug-likeness (QED) is 0.881. The molecule has 3 amide bonds. The maximum Gasteiger partial charge on any atom is 0.317 e. The highest BCUT2D eigenvalue weighted by Crippen LogP contribution is 2.25. The third-order valence-corrected chi connectivity index (χ3v) is 6.18. The average molecular weight is 376 g/mol. The van der Waals surface area contributed by atoms with E-state index in [9.17, 15) is 9.59 Å². The molecule has 0 spiro atoms. The van der Waals surface area contributed by atoms with Gasteiger partial charge in [0.1, 0.15) is 0 Å². The molecular weight excluding hydrogens is 342 g/mol. The lowest BCUT2D eigenvalue weighted by Crippen LogP contribution is -2.55. The lowest BCUT2D eigenvalue weighted by molar-refractivity contribution is -0.133. The number of rotatable bonds is 3. The summed E-state index contributed by atoms with van der Waals surface area (Å²) in [5.74, 6) is -0.0807. The lowest BCUT2D eigenvalue weighted by atomic mass is 9.96. The van der Waals surface area contributed by atoms with E-state index >= 15 is 0 Å². The highest BCUT2D eigenvalue weighted by molar-refractivity contribution is 5.84. The standard InChI is InChI=1S/C20H33N5O2/c1-14(18-15(2)22-23(4)16(18)3)19(26)24-10-12-25(13-11-24)20(27)21-17-8-6-5-7-9-17/h14,17H,5-13H2,1-4H3,(H,21,27). The number of urea groups is 1. The Kier molecular flexibility index (Phi) is 6.07. The fraction of sp³-hybridized carbons (Fsp3) is 0.750. The third-order valence-electron chi connectivity index (χ3n) is 6.18. The van der Waals surface area contributed by atoms with Crippen molar-refractivity contribution >= 4 is 11.9 Å². The van der Waals surface area contributed by atoms with Crippen LogP contribution in [0.5, 0.6) is 0 Å². The van der Waals surface area contributed by atoms with Crippen molar-refractivity contribution in [3.8, 4) is 0 Å². The van der Waals surface area contributed by atoms with E-state index in [0.717, 1.165) is 29.8 Å². The van der Waals surface area contributed by atoms with Gasteiger partial charge in [-0.25, -0.2) is 4.79 Å². The molecule has 1 saturated carbocycles. The van der Waals surface area contributed by atoms with Crippen molar-refractivity contribution < 1.29 is 9.59 Å². The summed E-state index contributed by atoms with van der Waals surface area (Å²) in [6.07, 6.45) is 5.87. The molecule has 1 saturated heterocycles. The molecule has 1 aliphatic carbocycles. The van der Waals surface area contributed by atoms with E-state index in [1.165, 1.54) is 19.3 Å². The van der Waals surface area contributed by atoms with Crippen LogP contribution in [0.2, 0.25) is 0 Å². The molecule has 1 N–H and O–H groups in total. The molecule has 0 bridgehead atoms. The Hall–Kier alpha value is -2.05. The summed E-state index contributed by atoms with van der Waals surface area (Å²) in [5, 5.41) is 7.61. The van der Waals surface area contributed by atoms with Gasteiger partial charge in [-0.2, -0.15) is 5.10 Å². The number of aryl methyl sites for hydroxylation is 2. The van der Waals surface area contributed by atoms with Crippen molar-refractivity contribution in [2.24, 2.45) is 7.05 Å². The molecule has 7 nitrogen and oxygen atoms in total. The van der Waals surface area contributed by atoms with Crippen LogP contribution in [-0.4, -0.2) is 63.7 Å². The van der Waals surface area contributed by atoms with Gasteiger partial charge in [0.25, 0.3) is 0 Å². The Morgan fingerprint density at radius 1 is 1.04 bits per heavy atom. The molecule has 150 valence electrons. The summed E-state index contributed by atoms with van der Waals surface area (Å²) in [4.78, 5) is 29.2. The highest BCUT2D eigenvalue weighted by Gasteiger charge is 2.30. The number of hydrogen-bond donors (Lipinski definition) is 1. The molecule has 2 aliphatic rings. The number of nitrogens with one attached hydrogen (secondary N) is 1. The van der Waals surface area contributed by atoms with Crippen LogP contribution in [-0.2, 0) is 11.8 Å². The van der Waals surface area contributed by atoms with Gasteiger partial charge in [0.05, 0.1) is 11.6 Å². The van der Waals surface area contributed by atoms with Crippen molar-refractivity contribution in [3.05, 3.63) is 17.0 Å². The maximum atomic E-state index is 13.0. The van der Waals surface area contributed by atoms with Crippen molar-refractivity contribution in [2.75, 3.05) is 26.2 Å². The first-order chi connectivity index (χ1) is 12.9. The largest absolute Gasteiger partial charge is 0.339 e. The van der Waals surface area contributed by atoms with Crippen LogP contribution in [0.15, 0.2) is 0 Å². The number of hydrogen-bond acceptors (Lipinski definition) is 3. The maximum absolute atomic E-state index is 13.0. The van der Waals surface area contributed by atoms with Crippen LogP contribution in [0, 0.1) is 13.8 Å². The van der Waals surface area contributed by atoms with Crippen molar-refractivity contribution in [1.82, 2.24) is 24.9 Å². The molecule has 27 heavy (non-hydrogen) atoms. The van der Waals surface area contributed by atoms with Gasteiger partial charge in [-0.05, 0) is 33.6 Å². The van der Waals surface area contributed by atoms with Crippen molar-refractivity contribution in [2.45, 2.75) is 64.8 Å². The van der Waals surface area contributed by atoms with Gasteiger partial charge in [-0.3, -0.25) is 9.48 Å². The third kappa shape index (κ3) is 4.28. The molecule has 2 fully saturated rings. The van der Waals surface area contributed by atoms with E-state index in [0.29, 0.717) is 32.2 Å². The van der Waals surface area contributed by atoms with E-state index in [-0.39, 0.29) is 17.9 Å². The number of nitrogens with zero attached hydrogens (tertiary/aromatic N) is 4. The van der Waals surface area contributed by atoms with Crippen LogP contribution in [0.1, 0.15) is 61.9 Å². The summed E-state index contributed by atoms with van der Waals surface area (Å²) in [7, 11) is 1.91. The summed E-state index contributed by atoms with van der Waals surface area (Å²) in [5.41, 5.74) is 2.99. The van der Waals surface area contributed by atoms with Gasteiger partial charge >= 0.3 is 6.03 Å². The molecule has 0 aromatic carbocycles. The topological polar surface area (TPSA) is 70.5 Å². The molecule has 1 aromatic heterocycles. The van der Waals surface area contributed by atoms with E-state index < -0.39 is 0 Å². The summed E-state index contributed by atoms with van der Waals surface area (Å²) in [6.45, 7) is 8.32. The molecular formula is C20H33N5O2. The van der Waals surface area contributed by atoms with E-state index in [4.69, 9.17) is 0 Å². The number of carbonyl (C=O) groups excluding carboxylic acids is 2. The zero-order valence-corrected chi connectivity index (χ0v) is 17.1. The zero-order valence-electron chi connectivity index (χ0n) is 17.1. The smallest absolute Gasteiger partial charge is 0.317 e. The second kappa shape index (κ2) is 8.31. The van der Waals surface area contributed by atoms with Crippen molar-refractivity contribution in [1.29, 1.82) is 0 Å². The monoisotopic (exact) mass is 375 g/mol. The van der Waals surface area contributed by atoms with E-state index in [1.807, 2.05) is 42.3 Å². The fourth-order valence-electron chi connectivity index (χ4n) is 4.46. The Labute approximate surface area is 162 Å². The minimum atomic E-state index is -0.207. The zero-order chi connectivity index (χ0) is 19.6. The SMILES string of the molecule is Cc1nn(C)c(C)c1C(C)C(=O)N1CCN(C(=O)NC2CCCCC2)CC1. The number of aromatic nitrogens is 2. The van der Waals surface area contributed by atoms with Crippen molar-refractivity contribution in [3.63, 3.8) is 0 Å². The van der Waals surface area contributed by atoms with Gasteiger partial charge < -0.3 is 15.1 Å². The Morgan fingerprint density at radius 2 is 1.63 bits per heavy atom. The van der Waals surface area contributed by atoms with Crippen LogP contribution in [0.4, 0.5) is 4.79 Å². The Balaban J connectivity index is 1.53. The van der Waals surface area contributed by atoms with Crippen LogP contribution in [0.25, 0.3) is 0 Å². The first kappa shape index (κ1) is 19.7. The molecule has 1 aromatic rings. The molecule has 1 unspecified atom stereocenters. The average Bonchev–Trinajstić information content (AvgIpc) is 2.93. The van der Waals surface area contributed by atoms with Gasteiger partial charge in [-0.1, -0.05) is 19.3 Å². The number of piperazine rings is 1. The van der Waals surface area contributed by atoms with Gasteiger partial charge in [-0.15, -0.1) is 0 Å². The molecule has 1 atom stereocenters. The minimum Gasteiger partial charge on any atom is -0.339 e. The van der Waals surface area contributed by atoms with Gasteiger partial charge in [0.2, 0.25) is 5.91 Å². The highest BCUT2D eigenvalue weighted by atomic mass is 16.2. The summed E-state index contributed by atoms with van der Waals surface area (Å²) < 4.78 is 1.84. The minimum absolute atomic E-state index is 0.0287. The predicted molar refractivity (Wildman–Crippen MR) is 105 cm³/mol. The van der Waals surface area contributed by atoms with Crippen LogP contribution >= 0.6 is 0 Å². The number of amides is 3. The molecule has 1 aliphatic heterocycles. The van der Waals surface area contributed by atoms with E-state index in [2.05, 4.69) is 10.4 Å². The Bertz CT molecular complexity index is 685. The number of carbonyl (C=O) groups is 2. The summed E-state index contributed by atoms with van der Waals surface area (Å²) in [6, 6.07) is 0.350. The second-order valence-corrected chi connectivity index (χ2v) is 8.03. The van der Waals surface area contributed by atoms with Gasteiger partial charge in [0, 0.05) is 50.5 Å². The Morgan fingerprint density at radius 3 is 2.19 bits per heavy atom. The molecule has 7 heteroatoms. The van der Waals surface area contributed by atoms with Gasteiger partial charge in [0.15, 0.2) is 0 Å². The molecule has 2 heterocycles. The normalized spacial score (nSPS) is 19.9. The fourth-order valence-corrected chi connectivity index (χ4v) is 4.46. The summed E-state index contributed by atoms with van der Waals surface area (Å²) >= 11 is 0. The molecule has 3 rings (SSSR count). The van der Waals surface area contributed by atoms with Crippen LogP contribution in [0.3, 0.4) is 0 Å². The van der Waals surface area contributed by atoms with E-state index in [1.54, 1.807) is 0 Å². The van der Waals surface area contributed by atoms with Crippen LogP contribution < -0.4 is 5.32 Å². The first-order valence-electron chi connectivity index (χ1n) is 10.2. The second-order valence-electron chi connectivity index (χ2n) is 8.03. The molecule has 0 radical (unpaired) electrons. The predicted octanol–water partition coefficient (Wildman–Crippen LogP) is 2.33.